The largest absolute Gasteiger partial charge is 0.494 e. The van der Waals surface area contributed by atoms with E-state index in [2.05, 4.69) is 10.3 Å². The first-order chi connectivity index (χ1) is 11.0. The van der Waals surface area contributed by atoms with E-state index in [4.69, 9.17) is 17.0 Å². The van der Waals surface area contributed by atoms with Gasteiger partial charge in [-0.1, -0.05) is 11.3 Å². The van der Waals surface area contributed by atoms with Crippen molar-refractivity contribution in [1.82, 2.24) is 10.3 Å². The average Bonchev–Trinajstić information content (AvgIpc) is 3.07. The number of ether oxygens (including phenoxy) is 1. The van der Waals surface area contributed by atoms with Gasteiger partial charge >= 0.3 is 0 Å². The highest BCUT2D eigenvalue weighted by atomic mass is 32.2. The summed E-state index contributed by atoms with van der Waals surface area (Å²) in [6.07, 6.45) is 0. The van der Waals surface area contributed by atoms with Crippen LogP contribution in [0.15, 0.2) is 18.2 Å². The van der Waals surface area contributed by atoms with Crippen molar-refractivity contribution >= 4 is 53.9 Å². The summed E-state index contributed by atoms with van der Waals surface area (Å²) in [5.74, 6) is 1.05. The van der Waals surface area contributed by atoms with E-state index in [-0.39, 0.29) is 23.6 Å². The lowest BCUT2D eigenvalue weighted by Crippen LogP contribution is -2.36. The van der Waals surface area contributed by atoms with Crippen LogP contribution in [0.3, 0.4) is 0 Å². The van der Waals surface area contributed by atoms with E-state index >= 15 is 0 Å². The molecule has 4 rings (SSSR count). The maximum atomic E-state index is 11.9. The van der Waals surface area contributed by atoms with Gasteiger partial charge in [0.25, 0.3) is 0 Å². The van der Waals surface area contributed by atoms with Gasteiger partial charge in [-0.2, -0.15) is 0 Å². The Morgan fingerprint density at radius 2 is 2.30 bits per heavy atom. The molecule has 0 amide bonds. The molecule has 23 heavy (non-hydrogen) atoms. The molecule has 2 aliphatic rings. The minimum absolute atomic E-state index is 0.116. The van der Waals surface area contributed by atoms with Gasteiger partial charge < -0.3 is 10.1 Å². The predicted octanol–water partition coefficient (Wildman–Crippen LogP) is 1.56. The average molecular weight is 369 g/mol. The van der Waals surface area contributed by atoms with Crippen molar-refractivity contribution < 1.29 is 13.2 Å². The Morgan fingerprint density at radius 3 is 3.09 bits per heavy atom. The molecule has 9 heteroatoms. The number of thiazole rings is 1. The van der Waals surface area contributed by atoms with Gasteiger partial charge in [0.2, 0.25) is 0 Å². The van der Waals surface area contributed by atoms with E-state index in [0.717, 1.165) is 21.1 Å². The summed E-state index contributed by atoms with van der Waals surface area (Å²) < 4.78 is 30.3. The van der Waals surface area contributed by atoms with Gasteiger partial charge in [-0.05, 0) is 37.3 Å². The van der Waals surface area contributed by atoms with E-state index in [0.29, 0.717) is 11.7 Å². The first-order valence-electron chi connectivity index (χ1n) is 7.30. The highest BCUT2D eigenvalue weighted by Gasteiger charge is 2.48. The van der Waals surface area contributed by atoms with Crippen molar-refractivity contribution in [3.8, 4) is 5.75 Å². The number of nitrogens with one attached hydrogen (secondary N) is 1. The van der Waals surface area contributed by atoms with Crippen LogP contribution in [0.4, 0.5) is 5.13 Å². The quantitative estimate of drug-likeness (QED) is 0.823. The molecule has 2 saturated heterocycles. The minimum Gasteiger partial charge on any atom is -0.494 e. The summed E-state index contributed by atoms with van der Waals surface area (Å²) in [4.78, 5) is 6.48. The lowest BCUT2D eigenvalue weighted by atomic mass is 10.2. The van der Waals surface area contributed by atoms with Gasteiger partial charge in [-0.15, -0.1) is 0 Å². The fourth-order valence-electron chi connectivity index (χ4n) is 3.08. The van der Waals surface area contributed by atoms with Crippen molar-refractivity contribution in [2.75, 3.05) is 23.0 Å². The molecule has 122 valence electrons. The van der Waals surface area contributed by atoms with Gasteiger partial charge in [-0.25, -0.2) is 13.4 Å². The van der Waals surface area contributed by atoms with Crippen LogP contribution in [-0.4, -0.2) is 48.7 Å². The summed E-state index contributed by atoms with van der Waals surface area (Å²) in [6.45, 7) is 2.55. The fraction of sp³-hybridized carbons (Fsp3) is 0.429. The molecule has 2 atom stereocenters. The lowest BCUT2D eigenvalue weighted by molar-refractivity contribution is 0.341. The Morgan fingerprint density at radius 1 is 1.48 bits per heavy atom. The van der Waals surface area contributed by atoms with Crippen LogP contribution in [0.5, 0.6) is 5.75 Å². The fourth-order valence-corrected chi connectivity index (χ4v) is 6.46. The third-order valence-corrected chi connectivity index (χ3v) is 7.10. The molecule has 1 aromatic heterocycles. The molecule has 1 N–H and O–H groups in total. The molecule has 2 aliphatic heterocycles. The number of aromatic nitrogens is 1. The summed E-state index contributed by atoms with van der Waals surface area (Å²) >= 11 is 6.89. The maximum Gasteiger partial charge on any atom is 0.193 e. The number of hydrogen-bond acceptors (Lipinski definition) is 6. The lowest BCUT2D eigenvalue weighted by Gasteiger charge is -2.19. The molecule has 2 unspecified atom stereocenters. The van der Waals surface area contributed by atoms with Crippen LogP contribution in [0, 0.1) is 0 Å². The SMILES string of the molecule is CCOc1ccc2nc(N3C(=S)NC4CS(=O)(=O)CC43)sc2c1. The van der Waals surface area contributed by atoms with Gasteiger partial charge in [-0.3, -0.25) is 4.90 Å². The predicted molar refractivity (Wildman–Crippen MR) is 95.2 cm³/mol. The van der Waals surface area contributed by atoms with Crippen LogP contribution in [0.1, 0.15) is 6.92 Å². The second-order valence-corrected chi connectivity index (χ2v) is 9.18. The van der Waals surface area contributed by atoms with Crippen molar-refractivity contribution in [3.63, 3.8) is 0 Å². The van der Waals surface area contributed by atoms with Gasteiger partial charge in [0.05, 0.1) is 40.4 Å². The number of fused-ring (bicyclic) bond motifs is 2. The van der Waals surface area contributed by atoms with Crippen LogP contribution < -0.4 is 15.0 Å². The number of anilines is 1. The van der Waals surface area contributed by atoms with Crippen LogP contribution in [0.2, 0.25) is 0 Å². The zero-order valence-corrected chi connectivity index (χ0v) is 14.8. The third kappa shape index (κ3) is 2.56. The highest BCUT2D eigenvalue weighted by Crippen LogP contribution is 2.36. The van der Waals surface area contributed by atoms with Crippen LogP contribution >= 0.6 is 23.6 Å². The molecule has 6 nitrogen and oxygen atoms in total. The molecule has 2 fully saturated rings. The number of thiocarbonyl (C=S) groups is 1. The second kappa shape index (κ2) is 5.29. The Kier molecular flexibility index (Phi) is 3.47. The number of nitrogens with zero attached hydrogens (tertiary/aromatic N) is 2. The summed E-state index contributed by atoms with van der Waals surface area (Å²) in [5, 5.41) is 4.40. The van der Waals surface area contributed by atoms with Crippen LogP contribution in [-0.2, 0) is 9.84 Å². The van der Waals surface area contributed by atoms with E-state index in [9.17, 15) is 8.42 Å². The van der Waals surface area contributed by atoms with Gasteiger partial charge in [0.1, 0.15) is 5.75 Å². The van der Waals surface area contributed by atoms with Gasteiger partial charge in [0, 0.05) is 0 Å². The highest BCUT2D eigenvalue weighted by molar-refractivity contribution is 7.91. The standard InChI is InChI=1S/C14H15N3O3S3/c1-2-20-8-3-4-9-12(5-8)22-14(16-9)17-11-7-23(18,19)6-10(11)15-13(17)21/h3-5,10-11H,2,6-7H2,1H3,(H,15,21). The summed E-state index contributed by atoms with van der Waals surface area (Å²) in [7, 11) is -3.02. The Balaban J connectivity index is 1.72. The molecule has 0 spiro atoms. The topological polar surface area (TPSA) is 71.5 Å². The number of sulfone groups is 1. The van der Waals surface area contributed by atoms with Crippen molar-refractivity contribution in [2.24, 2.45) is 0 Å². The Labute approximate surface area is 143 Å². The number of benzene rings is 1. The molecule has 0 radical (unpaired) electrons. The zero-order chi connectivity index (χ0) is 16.2. The summed E-state index contributed by atoms with van der Waals surface area (Å²) in [5.41, 5.74) is 0.862. The molecular weight excluding hydrogens is 354 g/mol. The van der Waals surface area contributed by atoms with Crippen molar-refractivity contribution in [2.45, 2.75) is 19.0 Å². The van der Waals surface area contributed by atoms with E-state index in [1.54, 1.807) is 0 Å². The maximum absolute atomic E-state index is 11.9. The van der Waals surface area contributed by atoms with Crippen molar-refractivity contribution in [3.05, 3.63) is 18.2 Å². The molecule has 3 heterocycles. The second-order valence-electron chi connectivity index (χ2n) is 5.63. The molecule has 2 aromatic rings. The van der Waals surface area contributed by atoms with E-state index in [1.165, 1.54) is 11.3 Å². The normalized spacial score (nSPS) is 25.6. The molecule has 0 aliphatic carbocycles. The first kappa shape index (κ1) is 15.1. The Hall–Kier alpha value is -1.45. The minimum atomic E-state index is -3.02. The Bertz CT molecular complexity index is 893. The monoisotopic (exact) mass is 369 g/mol. The van der Waals surface area contributed by atoms with E-state index in [1.807, 2.05) is 30.0 Å². The first-order valence-corrected chi connectivity index (χ1v) is 10.3. The molecule has 1 aromatic carbocycles. The number of hydrogen-bond donors (Lipinski definition) is 1. The summed E-state index contributed by atoms with van der Waals surface area (Å²) in [6, 6.07) is 5.45. The van der Waals surface area contributed by atoms with E-state index < -0.39 is 9.84 Å². The smallest absolute Gasteiger partial charge is 0.193 e. The third-order valence-electron chi connectivity index (χ3n) is 4.05. The molecule has 0 saturated carbocycles. The zero-order valence-electron chi connectivity index (χ0n) is 12.4. The number of rotatable bonds is 3. The van der Waals surface area contributed by atoms with Crippen molar-refractivity contribution in [1.29, 1.82) is 0 Å². The van der Waals surface area contributed by atoms with Crippen LogP contribution in [0.25, 0.3) is 10.2 Å². The molecule has 0 bridgehead atoms. The van der Waals surface area contributed by atoms with Gasteiger partial charge in [0.15, 0.2) is 20.1 Å². The molecular formula is C14H15N3O3S3.